The second-order valence-corrected chi connectivity index (χ2v) is 6.52. The Morgan fingerprint density at radius 1 is 1.38 bits per heavy atom. The van der Waals surface area contributed by atoms with Gasteiger partial charge in [0, 0.05) is 31.2 Å². The Labute approximate surface area is 130 Å². The van der Waals surface area contributed by atoms with Gasteiger partial charge in [0.2, 0.25) is 0 Å². The maximum atomic E-state index is 13.6. The summed E-state index contributed by atoms with van der Waals surface area (Å²) in [5.74, 6) is 0.426. The molecule has 0 radical (unpaired) electrons. The first-order chi connectivity index (χ1) is 9.95. The molecule has 1 fully saturated rings. The Bertz CT molecular complexity index is 499. The summed E-state index contributed by atoms with van der Waals surface area (Å²) in [6.07, 6.45) is 1.26. The van der Waals surface area contributed by atoms with Crippen molar-refractivity contribution < 1.29 is 9.18 Å². The highest BCUT2D eigenvalue weighted by Gasteiger charge is 2.21. The molecule has 1 saturated heterocycles. The molecule has 0 aromatic heterocycles. The highest BCUT2D eigenvalue weighted by atomic mass is 35.5. The maximum absolute atomic E-state index is 13.6. The number of carbonyl (C=O) groups is 1. The number of nitrogens with zero attached hydrogens (tertiary/aromatic N) is 1. The lowest BCUT2D eigenvalue weighted by molar-refractivity contribution is 0.0932. The molecule has 3 nitrogen and oxygen atoms in total. The summed E-state index contributed by atoms with van der Waals surface area (Å²) >= 11 is 5.79. The van der Waals surface area contributed by atoms with Crippen LogP contribution in [-0.4, -0.2) is 37.0 Å². The molecule has 1 aliphatic heterocycles. The van der Waals surface area contributed by atoms with Crippen LogP contribution < -0.4 is 5.32 Å². The molecule has 1 heterocycles. The van der Waals surface area contributed by atoms with E-state index in [2.05, 4.69) is 24.1 Å². The molecule has 1 aromatic rings. The third-order valence-corrected chi connectivity index (χ3v) is 4.07. The Balaban J connectivity index is 1.83. The summed E-state index contributed by atoms with van der Waals surface area (Å²) in [5.41, 5.74) is 0.00267. The summed E-state index contributed by atoms with van der Waals surface area (Å²) in [7, 11) is 0. The Morgan fingerprint density at radius 3 is 2.71 bits per heavy atom. The lowest BCUT2D eigenvalue weighted by Crippen LogP contribution is -2.42. The minimum atomic E-state index is -0.544. The topological polar surface area (TPSA) is 32.3 Å². The van der Waals surface area contributed by atoms with Crippen LogP contribution in [0.3, 0.4) is 0 Å². The third kappa shape index (κ3) is 4.68. The van der Waals surface area contributed by atoms with Crippen molar-refractivity contribution in [3.63, 3.8) is 0 Å². The third-order valence-electron chi connectivity index (χ3n) is 3.83. The molecule has 0 unspecified atom stereocenters. The van der Waals surface area contributed by atoms with E-state index in [0.717, 1.165) is 19.6 Å². The van der Waals surface area contributed by atoms with Gasteiger partial charge < -0.3 is 10.2 Å². The van der Waals surface area contributed by atoms with Crippen molar-refractivity contribution in [1.29, 1.82) is 0 Å². The molecule has 1 N–H and O–H groups in total. The first kappa shape index (κ1) is 16.2. The largest absolute Gasteiger partial charge is 0.351 e. The van der Waals surface area contributed by atoms with E-state index >= 15 is 0 Å². The van der Waals surface area contributed by atoms with E-state index in [9.17, 15) is 9.18 Å². The molecule has 1 aliphatic rings. The predicted molar refractivity (Wildman–Crippen MR) is 83.1 cm³/mol. The van der Waals surface area contributed by atoms with Crippen LogP contribution in [0, 0.1) is 17.7 Å². The van der Waals surface area contributed by atoms with Gasteiger partial charge in [-0.05, 0) is 36.5 Å². The number of rotatable bonds is 4. The number of likely N-dealkylation sites (tertiary alicyclic amines) is 1. The van der Waals surface area contributed by atoms with Gasteiger partial charge in [0.15, 0.2) is 0 Å². The van der Waals surface area contributed by atoms with Crippen molar-refractivity contribution in [2.45, 2.75) is 20.3 Å². The minimum absolute atomic E-state index is 0.00267. The molecular formula is C16H22ClFN2O. The van der Waals surface area contributed by atoms with Crippen molar-refractivity contribution in [2.24, 2.45) is 11.8 Å². The van der Waals surface area contributed by atoms with Crippen molar-refractivity contribution in [1.82, 2.24) is 10.2 Å². The standard InChI is InChI=1S/C16H22ClFN2O/c1-11-7-12(2)10-20(9-11)6-5-19-16(21)14-8-13(17)3-4-15(14)18/h3-4,8,11-12H,5-7,9-10H2,1-2H3,(H,19,21)/t11-,12-/m0/s1. The number of hydrogen-bond acceptors (Lipinski definition) is 2. The van der Waals surface area contributed by atoms with Gasteiger partial charge in [-0.25, -0.2) is 4.39 Å². The number of amides is 1. The zero-order valence-corrected chi connectivity index (χ0v) is 13.3. The van der Waals surface area contributed by atoms with Crippen molar-refractivity contribution in [2.75, 3.05) is 26.2 Å². The van der Waals surface area contributed by atoms with Gasteiger partial charge in [0.1, 0.15) is 5.82 Å². The quantitative estimate of drug-likeness (QED) is 0.926. The van der Waals surface area contributed by atoms with Crippen LogP contribution >= 0.6 is 11.6 Å². The van der Waals surface area contributed by atoms with Crippen molar-refractivity contribution in [3.05, 3.63) is 34.6 Å². The monoisotopic (exact) mass is 312 g/mol. The molecule has 116 valence electrons. The van der Waals surface area contributed by atoms with E-state index < -0.39 is 11.7 Å². The van der Waals surface area contributed by atoms with Crippen LogP contribution in [0.25, 0.3) is 0 Å². The fraction of sp³-hybridized carbons (Fsp3) is 0.562. The van der Waals surface area contributed by atoms with Gasteiger partial charge >= 0.3 is 0 Å². The molecule has 0 aliphatic carbocycles. The normalized spacial score (nSPS) is 23.0. The number of halogens is 2. The van der Waals surface area contributed by atoms with E-state index in [1.807, 2.05) is 0 Å². The summed E-state index contributed by atoms with van der Waals surface area (Å²) in [4.78, 5) is 14.3. The van der Waals surface area contributed by atoms with Crippen molar-refractivity contribution in [3.8, 4) is 0 Å². The molecule has 1 amide bonds. The Morgan fingerprint density at radius 2 is 2.05 bits per heavy atom. The molecule has 21 heavy (non-hydrogen) atoms. The molecule has 5 heteroatoms. The molecule has 2 rings (SSSR count). The second-order valence-electron chi connectivity index (χ2n) is 6.09. The number of hydrogen-bond donors (Lipinski definition) is 1. The first-order valence-corrected chi connectivity index (χ1v) is 7.79. The summed E-state index contributed by atoms with van der Waals surface area (Å²) < 4.78 is 13.6. The molecule has 0 saturated carbocycles. The van der Waals surface area contributed by atoms with Crippen LogP contribution in [0.1, 0.15) is 30.6 Å². The molecule has 1 aromatic carbocycles. The summed E-state index contributed by atoms with van der Waals surface area (Å²) in [5, 5.41) is 3.13. The van der Waals surface area contributed by atoms with Gasteiger partial charge in [-0.15, -0.1) is 0 Å². The molecule has 0 spiro atoms. The van der Waals surface area contributed by atoms with Crippen LogP contribution in [0.4, 0.5) is 4.39 Å². The molecule has 2 atom stereocenters. The highest BCUT2D eigenvalue weighted by Crippen LogP contribution is 2.20. The maximum Gasteiger partial charge on any atom is 0.254 e. The molecular weight excluding hydrogens is 291 g/mol. The number of carbonyl (C=O) groups excluding carboxylic acids is 1. The SMILES string of the molecule is C[C@H]1C[C@H](C)CN(CCNC(=O)c2cc(Cl)ccc2F)C1. The Kier molecular flexibility index (Phi) is 5.59. The summed E-state index contributed by atoms with van der Waals surface area (Å²) in [6, 6.07) is 4.01. The number of benzene rings is 1. The number of nitrogens with one attached hydrogen (secondary N) is 1. The first-order valence-electron chi connectivity index (χ1n) is 7.41. The van der Waals surface area contributed by atoms with Gasteiger partial charge in [-0.1, -0.05) is 25.4 Å². The van der Waals surface area contributed by atoms with Gasteiger partial charge in [0.25, 0.3) is 5.91 Å². The predicted octanol–water partition coefficient (Wildman–Crippen LogP) is 3.19. The summed E-state index contributed by atoms with van der Waals surface area (Å²) in [6.45, 7) is 7.94. The van der Waals surface area contributed by atoms with E-state index in [4.69, 9.17) is 11.6 Å². The average Bonchev–Trinajstić information content (AvgIpc) is 2.40. The number of piperidine rings is 1. The lowest BCUT2D eigenvalue weighted by atomic mass is 9.92. The lowest BCUT2D eigenvalue weighted by Gasteiger charge is -2.34. The Hall–Kier alpha value is -1.13. The van der Waals surface area contributed by atoms with Crippen molar-refractivity contribution >= 4 is 17.5 Å². The zero-order chi connectivity index (χ0) is 15.4. The van der Waals surface area contributed by atoms with E-state index in [1.165, 1.54) is 24.6 Å². The van der Waals surface area contributed by atoms with Crippen LogP contribution in [0.5, 0.6) is 0 Å². The zero-order valence-electron chi connectivity index (χ0n) is 12.5. The van der Waals surface area contributed by atoms with Crippen LogP contribution in [0.15, 0.2) is 18.2 Å². The van der Waals surface area contributed by atoms with Crippen LogP contribution in [-0.2, 0) is 0 Å². The van der Waals surface area contributed by atoms with E-state index in [-0.39, 0.29) is 5.56 Å². The minimum Gasteiger partial charge on any atom is -0.351 e. The highest BCUT2D eigenvalue weighted by molar-refractivity contribution is 6.30. The van der Waals surface area contributed by atoms with Gasteiger partial charge in [-0.3, -0.25) is 4.79 Å². The fourth-order valence-electron chi connectivity index (χ4n) is 3.07. The average molecular weight is 313 g/mol. The smallest absolute Gasteiger partial charge is 0.254 e. The van der Waals surface area contributed by atoms with E-state index in [0.29, 0.717) is 23.4 Å². The second kappa shape index (κ2) is 7.23. The van der Waals surface area contributed by atoms with Gasteiger partial charge in [0.05, 0.1) is 5.56 Å². The molecule has 0 bridgehead atoms. The van der Waals surface area contributed by atoms with Crippen LogP contribution in [0.2, 0.25) is 5.02 Å². The van der Waals surface area contributed by atoms with Gasteiger partial charge in [-0.2, -0.15) is 0 Å². The van der Waals surface area contributed by atoms with E-state index in [1.54, 1.807) is 0 Å². The fourth-order valence-corrected chi connectivity index (χ4v) is 3.24.